The van der Waals surface area contributed by atoms with E-state index in [-0.39, 0.29) is 4.90 Å². The molecule has 19 heavy (non-hydrogen) atoms. The highest BCUT2D eigenvalue weighted by atomic mass is 32.2. The molecule has 1 aromatic carbocycles. The topological polar surface area (TPSA) is 59.0 Å². The van der Waals surface area contributed by atoms with Gasteiger partial charge in [0.2, 0.25) is 0 Å². The van der Waals surface area contributed by atoms with Gasteiger partial charge in [-0.05, 0) is 24.1 Å². The zero-order valence-electron chi connectivity index (χ0n) is 11.8. The minimum absolute atomic E-state index is 0.110. The first-order valence-corrected chi connectivity index (χ1v) is 7.48. The Morgan fingerprint density at radius 2 is 2.05 bits per heavy atom. The Bertz CT molecular complexity index is 551. The van der Waals surface area contributed by atoms with Crippen molar-refractivity contribution in [3.8, 4) is 5.75 Å². The van der Waals surface area contributed by atoms with Crippen LogP contribution in [0.4, 0.5) is 0 Å². The summed E-state index contributed by atoms with van der Waals surface area (Å²) < 4.78 is 33.1. The monoisotopic (exact) mass is 284 g/mol. The van der Waals surface area contributed by atoms with Crippen molar-refractivity contribution in [2.45, 2.75) is 24.7 Å². The number of aryl methyl sites for hydroxylation is 1. The molecular formula is C13H20N2O3S. The Morgan fingerprint density at radius 1 is 1.37 bits per heavy atom. The number of hydrogen-bond donors (Lipinski definition) is 0. The summed E-state index contributed by atoms with van der Waals surface area (Å²) in [6.45, 7) is 2.04. The van der Waals surface area contributed by atoms with E-state index in [0.29, 0.717) is 5.75 Å². The Hall–Kier alpha value is -1.56. The number of nitrogens with zero attached hydrogens (tertiary/aromatic N) is 2. The van der Waals surface area contributed by atoms with Crippen LogP contribution in [0.1, 0.15) is 18.9 Å². The molecule has 0 bridgehead atoms. The minimum atomic E-state index is -3.74. The fraction of sp³-hybridized carbons (Fsp3) is 0.462. The standard InChI is InChI=1S/C13H20N2O3S/c1-5-6-11-7-8-12(18-4)13(9-11)19(16,17)14-10-15(2)3/h7-10H,5-6H2,1-4H3/b14-10+. The summed E-state index contributed by atoms with van der Waals surface area (Å²) in [6, 6.07) is 5.17. The number of methoxy groups -OCH3 is 1. The summed E-state index contributed by atoms with van der Waals surface area (Å²) in [5, 5.41) is 0. The van der Waals surface area contributed by atoms with E-state index in [1.165, 1.54) is 13.4 Å². The lowest BCUT2D eigenvalue weighted by molar-refractivity contribution is 0.402. The summed E-state index contributed by atoms with van der Waals surface area (Å²) in [4.78, 5) is 1.68. The maximum absolute atomic E-state index is 12.2. The maximum atomic E-state index is 12.2. The molecular weight excluding hydrogens is 264 g/mol. The van der Waals surface area contributed by atoms with Crippen LogP contribution >= 0.6 is 0 Å². The predicted octanol–water partition coefficient (Wildman–Crippen LogP) is 1.93. The van der Waals surface area contributed by atoms with Gasteiger partial charge in [0.25, 0.3) is 10.0 Å². The van der Waals surface area contributed by atoms with Crippen molar-refractivity contribution in [1.29, 1.82) is 0 Å². The first kappa shape index (κ1) is 15.5. The highest BCUT2D eigenvalue weighted by molar-refractivity contribution is 7.90. The van der Waals surface area contributed by atoms with Crippen LogP contribution in [0.5, 0.6) is 5.75 Å². The zero-order chi connectivity index (χ0) is 14.5. The molecule has 0 radical (unpaired) electrons. The lowest BCUT2D eigenvalue weighted by Gasteiger charge is -2.09. The Morgan fingerprint density at radius 3 is 2.58 bits per heavy atom. The van der Waals surface area contributed by atoms with Crippen molar-refractivity contribution in [2.75, 3.05) is 21.2 Å². The minimum Gasteiger partial charge on any atom is -0.495 e. The lowest BCUT2D eigenvalue weighted by atomic mass is 10.1. The summed E-state index contributed by atoms with van der Waals surface area (Å²) in [6.07, 6.45) is 3.04. The fourth-order valence-corrected chi connectivity index (χ4v) is 2.71. The smallest absolute Gasteiger partial charge is 0.287 e. The van der Waals surface area contributed by atoms with Gasteiger partial charge in [-0.15, -0.1) is 4.40 Å². The molecule has 106 valence electrons. The van der Waals surface area contributed by atoms with E-state index < -0.39 is 10.0 Å². The van der Waals surface area contributed by atoms with Gasteiger partial charge in [0.1, 0.15) is 17.0 Å². The number of rotatable bonds is 6. The van der Waals surface area contributed by atoms with Gasteiger partial charge in [0, 0.05) is 14.1 Å². The SMILES string of the molecule is CCCc1ccc(OC)c(S(=O)(=O)/N=C/N(C)C)c1. The molecule has 0 saturated carbocycles. The van der Waals surface area contributed by atoms with Crippen molar-refractivity contribution in [1.82, 2.24) is 4.90 Å². The molecule has 0 fully saturated rings. The van der Waals surface area contributed by atoms with Gasteiger partial charge < -0.3 is 9.64 Å². The van der Waals surface area contributed by atoms with Gasteiger partial charge in [-0.25, -0.2) is 0 Å². The number of ether oxygens (including phenoxy) is 1. The fourth-order valence-electron chi connectivity index (χ4n) is 1.58. The molecule has 0 aliphatic rings. The first-order chi connectivity index (χ1) is 8.90. The Balaban J connectivity index is 3.26. The average molecular weight is 284 g/mol. The predicted molar refractivity (Wildman–Crippen MR) is 76.4 cm³/mol. The van der Waals surface area contributed by atoms with Gasteiger partial charge in [0.05, 0.1) is 7.11 Å². The third kappa shape index (κ3) is 4.24. The normalized spacial score (nSPS) is 11.8. The maximum Gasteiger partial charge on any atom is 0.287 e. The van der Waals surface area contributed by atoms with Crippen molar-refractivity contribution < 1.29 is 13.2 Å². The lowest BCUT2D eigenvalue weighted by Crippen LogP contribution is -2.10. The second-order valence-electron chi connectivity index (χ2n) is 4.39. The highest BCUT2D eigenvalue weighted by Crippen LogP contribution is 2.26. The summed E-state index contributed by atoms with van der Waals surface area (Å²) in [5.74, 6) is 0.316. The molecule has 0 amide bonds. The van der Waals surface area contributed by atoms with Crippen LogP contribution in [-0.4, -0.2) is 40.9 Å². The van der Waals surface area contributed by atoms with Crippen LogP contribution in [0.3, 0.4) is 0 Å². The summed E-state index contributed by atoms with van der Waals surface area (Å²) in [5.41, 5.74) is 0.960. The Labute approximate surface area is 115 Å². The van der Waals surface area contributed by atoms with Crippen LogP contribution in [0, 0.1) is 0 Å². The van der Waals surface area contributed by atoms with Crippen molar-refractivity contribution in [3.63, 3.8) is 0 Å². The Kier molecular flexibility index (Phi) is 5.35. The van der Waals surface area contributed by atoms with E-state index in [9.17, 15) is 8.42 Å². The van der Waals surface area contributed by atoms with E-state index in [1.54, 1.807) is 31.1 Å². The second kappa shape index (κ2) is 6.56. The van der Waals surface area contributed by atoms with E-state index >= 15 is 0 Å². The van der Waals surface area contributed by atoms with E-state index in [2.05, 4.69) is 4.40 Å². The largest absolute Gasteiger partial charge is 0.495 e. The highest BCUT2D eigenvalue weighted by Gasteiger charge is 2.18. The third-order valence-corrected chi connectivity index (χ3v) is 3.71. The van der Waals surface area contributed by atoms with E-state index in [0.717, 1.165) is 18.4 Å². The van der Waals surface area contributed by atoms with Crippen LogP contribution in [-0.2, 0) is 16.4 Å². The average Bonchev–Trinajstić information content (AvgIpc) is 2.37. The number of benzene rings is 1. The van der Waals surface area contributed by atoms with Gasteiger partial charge in [-0.1, -0.05) is 19.4 Å². The molecule has 6 heteroatoms. The molecule has 0 saturated heterocycles. The van der Waals surface area contributed by atoms with Crippen molar-refractivity contribution in [3.05, 3.63) is 23.8 Å². The molecule has 0 aliphatic heterocycles. The van der Waals surface area contributed by atoms with Gasteiger partial charge in [-0.2, -0.15) is 8.42 Å². The van der Waals surface area contributed by atoms with Crippen LogP contribution in [0.25, 0.3) is 0 Å². The van der Waals surface area contributed by atoms with E-state index in [1.807, 2.05) is 13.0 Å². The van der Waals surface area contributed by atoms with Crippen LogP contribution < -0.4 is 4.74 Å². The molecule has 0 spiro atoms. The molecule has 0 aromatic heterocycles. The first-order valence-electron chi connectivity index (χ1n) is 6.04. The van der Waals surface area contributed by atoms with Crippen LogP contribution in [0.2, 0.25) is 0 Å². The van der Waals surface area contributed by atoms with Gasteiger partial charge >= 0.3 is 0 Å². The molecule has 5 nitrogen and oxygen atoms in total. The van der Waals surface area contributed by atoms with Gasteiger partial charge in [0.15, 0.2) is 0 Å². The van der Waals surface area contributed by atoms with Gasteiger partial charge in [-0.3, -0.25) is 0 Å². The number of hydrogen-bond acceptors (Lipinski definition) is 3. The molecule has 0 aliphatic carbocycles. The zero-order valence-corrected chi connectivity index (χ0v) is 12.6. The molecule has 0 unspecified atom stereocenters. The second-order valence-corrected chi connectivity index (χ2v) is 6.00. The number of sulfonamides is 1. The van der Waals surface area contributed by atoms with Crippen molar-refractivity contribution >= 4 is 16.4 Å². The van der Waals surface area contributed by atoms with Crippen molar-refractivity contribution in [2.24, 2.45) is 4.40 Å². The quantitative estimate of drug-likeness (QED) is 0.591. The summed E-state index contributed by atoms with van der Waals surface area (Å²) >= 11 is 0. The third-order valence-electron chi connectivity index (χ3n) is 2.46. The molecule has 1 rings (SSSR count). The summed E-state index contributed by atoms with van der Waals surface area (Å²) in [7, 11) is 1.14. The molecule has 0 N–H and O–H groups in total. The molecule has 0 heterocycles. The van der Waals surface area contributed by atoms with E-state index in [4.69, 9.17) is 4.74 Å². The molecule has 0 atom stereocenters. The van der Waals surface area contributed by atoms with Crippen LogP contribution in [0.15, 0.2) is 27.5 Å². The molecule has 1 aromatic rings.